The van der Waals surface area contributed by atoms with Crippen LogP contribution >= 0.6 is 0 Å². The van der Waals surface area contributed by atoms with E-state index < -0.39 is 0 Å². The fraction of sp³-hybridized carbons (Fsp3) is 0.409. The average Bonchev–Trinajstić information content (AvgIpc) is 2.78. The molecule has 2 aromatic rings. The summed E-state index contributed by atoms with van der Waals surface area (Å²) in [4.78, 5) is 30.6. The van der Waals surface area contributed by atoms with Gasteiger partial charge in [-0.2, -0.15) is 0 Å². The van der Waals surface area contributed by atoms with Gasteiger partial charge in [-0.25, -0.2) is 0 Å². The first-order valence-corrected chi connectivity index (χ1v) is 9.77. The number of rotatable bonds is 7. The van der Waals surface area contributed by atoms with E-state index in [4.69, 9.17) is 9.47 Å². The monoisotopic (exact) mass is 397 g/mol. The molecule has 1 aromatic carbocycles. The summed E-state index contributed by atoms with van der Waals surface area (Å²) in [6, 6.07) is 8.97. The van der Waals surface area contributed by atoms with Crippen molar-refractivity contribution in [2.75, 3.05) is 33.9 Å². The molecule has 7 nitrogen and oxygen atoms in total. The van der Waals surface area contributed by atoms with Crippen LogP contribution in [0.3, 0.4) is 0 Å². The largest absolute Gasteiger partial charge is 0.493 e. The number of hydrogen-bond donors (Lipinski definition) is 1. The van der Waals surface area contributed by atoms with E-state index in [-0.39, 0.29) is 11.8 Å². The van der Waals surface area contributed by atoms with Crippen molar-refractivity contribution in [3.63, 3.8) is 0 Å². The smallest absolute Gasteiger partial charge is 0.253 e. The third kappa shape index (κ3) is 5.47. The molecule has 0 aliphatic carbocycles. The standard InChI is InChI=1S/C22H27N3O4/c1-28-19-4-3-17(13-20(19)29-2)14-21(26)24-15-16-7-11-25(12-8-16)22(27)18-5-9-23-10-6-18/h3-6,9-10,13,16H,7-8,11-12,14-15H2,1-2H3,(H,24,26). The van der Waals surface area contributed by atoms with E-state index in [0.29, 0.717) is 49.0 Å². The second-order valence-corrected chi connectivity index (χ2v) is 7.14. The molecular formula is C22H27N3O4. The van der Waals surface area contributed by atoms with Crippen molar-refractivity contribution < 1.29 is 19.1 Å². The van der Waals surface area contributed by atoms with E-state index in [1.54, 1.807) is 44.8 Å². The van der Waals surface area contributed by atoms with E-state index in [1.807, 2.05) is 17.0 Å². The van der Waals surface area contributed by atoms with E-state index in [1.165, 1.54) is 0 Å². The number of ether oxygens (including phenoxy) is 2. The Hall–Kier alpha value is -3.09. The summed E-state index contributed by atoms with van der Waals surface area (Å²) < 4.78 is 10.5. The SMILES string of the molecule is COc1ccc(CC(=O)NCC2CCN(C(=O)c3ccncc3)CC2)cc1OC. The highest BCUT2D eigenvalue weighted by atomic mass is 16.5. The van der Waals surface area contributed by atoms with Gasteiger partial charge in [-0.3, -0.25) is 14.6 Å². The van der Waals surface area contributed by atoms with Gasteiger partial charge in [0.15, 0.2) is 11.5 Å². The van der Waals surface area contributed by atoms with Crippen molar-refractivity contribution in [1.29, 1.82) is 0 Å². The molecule has 0 unspecified atom stereocenters. The number of amides is 2. The second kappa shape index (κ2) is 9.91. The van der Waals surface area contributed by atoms with Crippen LogP contribution in [0.15, 0.2) is 42.7 Å². The first-order chi connectivity index (χ1) is 14.1. The average molecular weight is 397 g/mol. The second-order valence-electron chi connectivity index (χ2n) is 7.14. The zero-order valence-electron chi connectivity index (χ0n) is 16.9. The summed E-state index contributed by atoms with van der Waals surface area (Å²) in [7, 11) is 3.16. The van der Waals surface area contributed by atoms with Gasteiger partial charge in [0, 0.05) is 37.6 Å². The van der Waals surface area contributed by atoms with Gasteiger partial charge < -0.3 is 19.7 Å². The Labute approximate surface area is 171 Å². The summed E-state index contributed by atoms with van der Waals surface area (Å²) in [6.07, 6.45) is 5.32. The molecule has 7 heteroatoms. The van der Waals surface area contributed by atoms with Gasteiger partial charge in [0.05, 0.1) is 20.6 Å². The molecule has 1 aliphatic rings. The summed E-state index contributed by atoms with van der Waals surface area (Å²) in [6.45, 7) is 2.04. The predicted molar refractivity (Wildman–Crippen MR) is 109 cm³/mol. The Bertz CT molecular complexity index is 833. The van der Waals surface area contributed by atoms with Gasteiger partial charge in [-0.1, -0.05) is 6.07 Å². The van der Waals surface area contributed by atoms with E-state index in [9.17, 15) is 9.59 Å². The Kier molecular flexibility index (Phi) is 7.05. The molecule has 2 heterocycles. The number of pyridine rings is 1. The molecule has 1 N–H and O–H groups in total. The number of carbonyl (C=O) groups excluding carboxylic acids is 2. The van der Waals surface area contributed by atoms with Gasteiger partial charge in [0.25, 0.3) is 5.91 Å². The van der Waals surface area contributed by atoms with E-state index in [0.717, 1.165) is 18.4 Å². The lowest BCUT2D eigenvalue weighted by Crippen LogP contribution is -2.41. The fourth-order valence-electron chi connectivity index (χ4n) is 3.51. The molecule has 0 radical (unpaired) electrons. The molecule has 1 aliphatic heterocycles. The molecule has 0 atom stereocenters. The number of hydrogen-bond acceptors (Lipinski definition) is 5. The molecule has 0 saturated carbocycles. The van der Waals surface area contributed by atoms with Crippen molar-refractivity contribution >= 4 is 11.8 Å². The summed E-state index contributed by atoms with van der Waals surface area (Å²) in [5.41, 5.74) is 1.54. The van der Waals surface area contributed by atoms with Crippen molar-refractivity contribution in [3.8, 4) is 11.5 Å². The van der Waals surface area contributed by atoms with Gasteiger partial charge in [0.1, 0.15) is 0 Å². The number of nitrogens with zero attached hydrogens (tertiary/aromatic N) is 2. The van der Waals surface area contributed by atoms with E-state index in [2.05, 4.69) is 10.3 Å². The van der Waals surface area contributed by atoms with Crippen molar-refractivity contribution in [1.82, 2.24) is 15.2 Å². The number of aromatic nitrogens is 1. The minimum atomic E-state index is -0.0208. The lowest BCUT2D eigenvalue weighted by molar-refractivity contribution is -0.120. The Morgan fingerprint density at radius 2 is 1.76 bits per heavy atom. The van der Waals surface area contributed by atoms with Crippen LogP contribution in [0.5, 0.6) is 11.5 Å². The highest BCUT2D eigenvalue weighted by Crippen LogP contribution is 2.27. The van der Waals surface area contributed by atoms with Gasteiger partial charge in [-0.05, 0) is 48.6 Å². The minimum Gasteiger partial charge on any atom is -0.493 e. The maximum absolute atomic E-state index is 12.5. The Balaban J connectivity index is 1.43. The van der Waals surface area contributed by atoms with Crippen LogP contribution in [-0.4, -0.2) is 55.6 Å². The number of piperidine rings is 1. The van der Waals surface area contributed by atoms with Crippen LogP contribution in [0.4, 0.5) is 0 Å². The molecule has 1 saturated heterocycles. The lowest BCUT2D eigenvalue weighted by Gasteiger charge is -2.32. The third-order valence-corrected chi connectivity index (χ3v) is 5.23. The normalized spacial score (nSPS) is 14.3. The van der Waals surface area contributed by atoms with Gasteiger partial charge >= 0.3 is 0 Å². The quantitative estimate of drug-likeness (QED) is 0.775. The Morgan fingerprint density at radius 1 is 1.07 bits per heavy atom. The zero-order valence-corrected chi connectivity index (χ0v) is 16.9. The first kappa shape index (κ1) is 20.6. The molecule has 1 aromatic heterocycles. The molecule has 0 bridgehead atoms. The van der Waals surface area contributed by atoms with Crippen LogP contribution in [0.2, 0.25) is 0 Å². The van der Waals surface area contributed by atoms with Crippen molar-refractivity contribution in [2.24, 2.45) is 5.92 Å². The zero-order chi connectivity index (χ0) is 20.6. The molecular weight excluding hydrogens is 370 g/mol. The van der Waals surface area contributed by atoms with Crippen LogP contribution in [0.1, 0.15) is 28.8 Å². The number of carbonyl (C=O) groups is 2. The maximum Gasteiger partial charge on any atom is 0.253 e. The summed E-state index contributed by atoms with van der Waals surface area (Å²) in [5, 5.41) is 3.02. The van der Waals surface area contributed by atoms with E-state index >= 15 is 0 Å². The molecule has 29 heavy (non-hydrogen) atoms. The fourth-order valence-corrected chi connectivity index (χ4v) is 3.51. The number of nitrogens with one attached hydrogen (secondary N) is 1. The van der Waals surface area contributed by atoms with Crippen LogP contribution < -0.4 is 14.8 Å². The maximum atomic E-state index is 12.5. The number of benzene rings is 1. The molecule has 1 fully saturated rings. The van der Waals surface area contributed by atoms with Gasteiger partial charge in [-0.15, -0.1) is 0 Å². The number of likely N-dealkylation sites (tertiary alicyclic amines) is 1. The summed E-state index contributed by atoms with van der Waals surface area (Å²) >= 11 is 0. The topological polar surface area (TPSA) is 80.8 Å². The van der Waals surface area contributed by atoms with Crippen LogP contribution in [-0.2, 0) is 11.2 Å². The summed E-state index contributed by atoms with van der Waals surface area (Å²) in [5.74, 6) is 1.66. The minimum absolute atomic E-state index is 0.0208. The van der Waals surface area contributed by atoms with Crippen LogP contribution in [0, 0.1) is 5.92 Å². The molecule has 2 amide bonds. The van der Waals surface area contributed by atoms with Crippen molar-refractivity contribution in [2.45, 2.75) is 19.3 Å². The molecule has 0 spiro atoms. The van der Waals surface area contributed by atoms with Crippen molar-refractivity contribution in [3.05, 3.63) is 53.9 Å². The lowest BCUT2D eigenvalue weighted by atomic mass is 9.96. The van der Waals surface area contributed by atoms with Gasteiger partial charge in [0.2, 0.25) is 5.91 Å². The van der Waals surface area contributed by atoms with Crippen LogP contribution in [0.25, 0.3) is 0 Å². The molecule has 3 rings (SSSR count). The highest BCUT2D eigenvalue weighted by Gasteiger charge is 2.24. The highest BCUT2D eigenvalue weighted by molar-refractivity contribution is 5.94. The number of methoxy groups -OCH3 is 2. The third-order valence-electron chi connectivity index (χ3n) is 5.23. The molecule has 154 valence electrons. The predicted octanol–water partition coefficient (Wildman–Crippen LogP) is 2.31. The first-order valence-electron chi connectivity index (χ1n) is 9.77. The Morgan fingerprint density at radius 3 is 2.41 bits per heavy atom.